The van der Waals surface area contributed by atoms with Crippen LogP contribution in [0.15, 0.2) is 36.5 Å². The third-order valence-corrected chi connectivity index (χ3v) is 8.62. The van der Waals surface area contributed by atoms with Gasteiger partial charge < -0.3 is 0 Å². The van der Waals surface area contributed by atoms with E-state index in [0.29, 0.717) is 41.8 Å². The van der Waals surface area contributed by atoms with Crippen molar-refractivity contribution in [1.82, 2.24) is 0 Å². The molecule has 7 atom stereocenters. The first-order valence-corrected chi connectivity index (χ1v) is 9.81. The monoisotopic (exact) mass is 335 g/mol. The van der Waals surface area contributed by atoms with Gasteiger partial charge in [-0.2, -0.15) is 5.26 Å². The first kappa shape index (κ1) is 16.8. The molecular weight excluding hydrogens is 306 g/mol. The zero-order valence-corrected chi connectivity index (χ0v) is 15.6. The van der Waals surface area contributed by atoms with Gasteiger partial charge in [-0.15, -0.1) is 6.58 Å². The largest absolute Gasteiger partial charge is 0.295 e. The fourth-order valence-electron chi connectivity index (χ4n) is 6.93. The van der Waals surface area contributed by atoms with Gasteiger partial charge in [-0.3, -0.25) is 4.79 Å². The first-order chi connectivity index (χ1) is 11.9. The third-order valence-electron chi connectivity index (χ3n) is 8.62. The molecule has 0 saturated heterocycles. The fraction of sp³-hybridized carbons (Fsp3) is 0.652. The van der Waals surface area contributed by atoms with Crippen LogP contribution in [-0.2, 0) is 4.79 Å². The minimum absolute atomic E-state index is 0.0208. The van der Waals surface area contributed by atoms with Crippen molar-refractivity contribution >= 4 is 5.78 Å². The Bertz CT molecular complexity index is 725. The molecule has 0 aromatic rings. The number of carbonyl (C=O) groups excluding carboxylic acids is 1. The molecule has 0 unspecified atom stereocenters. The lowest BCUT2D eigenvalue weighted by atomic mass is 9.47. The highest BCUT2D eigenvalue weighted by atomic mass is 16.1. The van der Waals surface area contributed by atoms with E-state index >= 15 is 0 Å². The number of fused-ring (bicyclic) bond motifs is 5. The number of nitriles is 1. The zero-order chi connectivity index (χ0) is 18.0. The minimum atomic E-state index is -0.410. The molecule has 3 fully saturated rings. The second kappa shape index (κ2) is 5.44. The summed E-state index contributed by atoms with van der Waals surface area (Å²) in [5, 5.41) is 9.96. The van der Waals surface area contributed by atoms with E-state index in [4.69, 9.17) is 0 Å². The zero-order valence-electron chi connectivity index (χ0n) is 15.6. The maximum atomic E-state index is 11.9. The Labute approximate surface area is 151 Å². The van der Waals surface area contributed by atoms with Gasteiger partial charge in [0.1, 0.15) is 0 Å². The normalized spacial score (nSPS) is 48.7. The van der Waals surface area contributed by atoms with E-state index in [9.17, 15) is 10.1 Å². The van der Waals surface area contributed by atoms with Gasteiger partial charge in [-0.05, 0) is 80.1 Å². The Morgan fingerprint density at radius 1 is 1.32 bits per heavy atom. The molecule has 0 aromatic carbocycles. The Morgan fingerprint density at radius 2 is 2.08 bits per heavy atom. The lowest BCUT2D eigenvalue weighted by Crippen LogP contribution is -2.51. The number of hydrogen-bond donors (Lipinski definition) is 0. The van der Waals surface area contributed by atoms with Crippen LogP contribution < -0.4 is 0 Å². The summed E-state index contributed by atoms with van der Waals surface area (Å²) in [7, 11) is 0. The van der Waals surface area contributed by atoms with Crippen molar-refractivity contribution < 1.29 is 4.79 Å². The van der Waals surface area contributed by atoms with E-state index in [2.05, 4.69) is 39.2 Å². The quantitative estimate of drug-likeness (QED) is 0.615. The van der Waals surface area contributed by atoms with Gasteiger partial charge in [0.25, 0.3) is 0 Å². The summed E-state index contributed by atoms with van der Waals surface area (Å²) in [5.74, 6) is 3.05. The molecule has 0 radical (unpaired) electrons. The van der Waals surface area contributed by atoms with E-state index in [1.165, 1.54) is 12.0 Å². The summed E-state index contributed by atoms with van der Waals surface area (Å²) in [4.78, 5) is 11.9. The summed E-state index contributed by atoms with van der Waals surface area (Å²) < 4.78 is 0. The highest BCUT2D eigenvalue weighted by Crippen LogP contribution is 2.69. The molecule has 0 N–H and O–H groups in total. The Hall–Kier alpha value is -1.62. The molecule has 3 saturated carbocycles. The number of carbonyl (C=O) groups is 1. The van der Waals surface area contributed by atoms with Crippen molar-refractivity contribution in [3.63, 3.8) is 0 Å². The summed E-state index contributed by atoms with van der Waals surface area (Å²) in [6, 6.07) is 2.64. The van der Waals surface area contributed by atoms with Gasteiger partial charge in [-0.1, -0.05) is 30.7 Å². The molecule has 132 valence electrons. The second-order valence-corrected chi connectivity index (χ2v) is 9.28. The Kier molecular flexibility index (Phi) is 3.66. The summed E-state index contributed by atoms with van der Waals surface area (Å²) in [6.07, 6.45) is 10.1. The number of hydrogen-bond acceptors (Lipinski definition) is 2. The standard InChI is InChI=1S/C23H29NO/c1-5-15-11-16-12-17(25)6-7-18(16)19-8-9-22(3)20(21(15)19)10-14(2)23(22,4)13-24/h5,12,15,18-21H,1-2,6-11H2,3-4H3/t15-,18+,19-,20+,21-,22+,23+/m1/s1. The Morgan fingerprint density at radius 3 is 2.76 bits per heavy atom. The van der Waals surface area contributed by atoms with Crippen LogP contribution in [-0.4, -0.2) is 5.78 Å². The van der Waals surface area contributed by atoms with Crippen LogP contribution >= 0.6 is 0 Å². The summed E-state index contributed by atoms with van der Waals surface area (Å²) in [5.41, 5.74) is 2.12. The minimum Gasteiger partial charge on any atom is -0.295 e. The highest BCUT2D eigenvalue weighted by Gasteiger charge is 2.64. The molecule has 0 spiro atoms. The lowest BCUT2D eigenvalue weighted by molar-refractivity contribution is -0.116. The smallest absolute Gasteiger partial charge is 0.155 e. The van der Waals surface area contributed by atoms with Gasteiger partial charge in [0.05, 0.1) is 11.5 Å². The topological polar surface area (TPSA) is 40.9 Å². The lowest BCUT2D eigenvalue weighted by Gasteiger charge is -2.57. The van der Waals surface area contributed by atoms with Crippen molar-refractivity contribution in [1.29, 1.82) is 5.26 Å². The molecule has 25 heavy (non-hydrogen) atoms. The Balaban J connectivity index is 1.77. The van der Waals surface area contributed by atoms with Crippen molar-refractivity contribution in [2.45, 2.75) is 52.4 Å². The van der Waals surface area contributed by atoms with Gasteiger partial charge >= 0.3 is 0 Å². The number of rotatable bonds is 1. The van der Waals surface area contributed by atoms with E-state index < -0.39 is 5.41 Å². The first-order valence-electron chi connectivity index (χ1n) is 9.81. The van der Waals surface area contributed by atoms with Gasteiger partial charge in [0, 0.05) is 6.42 Å². The molecular formula is C23H29NO. The molecule has 0 heterocycles. The molecule has 0 aliphatic heterocycles. The molecule has 4 rings (SSSR count). The highest BCUT2D eigenvalue weighted by molar-refractivity contribution is 5.91. The van der Waals surface area contributed by atoms with Crippen molar-refractivity contribution in [2.24, 2.45) is 40.4 Å². The number of allylic oxidation sites excluding steroid dienone is 3. The molecule has 4 aliphatic rings. The van der Waals surface area contributed by atoms with E-state index in [1.54, 1.807) is 0 Å². The molecule has 0 bridgehead atoms. The summed E-state index contributed by atoms with van der Waals surface area (Å²) in [6.45, 7) is 12.9. The van der Waals surface area contributed by atoms with Crippen LogP contribution in [0.3, 0.4) is 0 Å². The molecule has 2 heteroatoms. The predicted molar refractivity (Wildman–Crippen MR) is 99.4 cm³/mol. The fourth-order valence-corrected chi connectivity index (χ4v) is 6.93. The van der Waals surface area contributed by atoms with Gasteiger partial charge in [0.2, 0.25) is 0 Å². The third kappa shape index (κ3) is 2.05. The van der Waals surface area contributed by atoms with E-state index in [-0.39, 0.29) is 5.41 Å². The van der Waals surface area contributed by atoms with Crippen LogP contribution in [0.5, 0.6) is 0 Å². The van der Waals surface area contributed by atoms with Crippen molar-refractivity contribution in [2.75, 3.05) is 0 Å². The maximum Gasteiger partial charge on any atom is 0.155 e. The number of nitrogens with zero attached hydrogens (tertiary/aromatic N) is 1. The molecule has 2 nitrogen and oxygen atoms in total. The second-order valence-electron chi connectivity index (χ2n) is 9.28. The molecule has 4 aliphatic carbocycles. The van der Waals surface area contributed by atoms with Crippen molar-refractivity contribution in [3.8, 4) is 6.07 Å². The predicted octanol–water partition coefficient (Wildman–Crippen LogP) is 5.24. The van der Waals surface area contributed by atoms with E-state index in [1.807, 2.05) is 6.08 Å². The summed E-state index contributed by atoms with van der Waals surface area (Å²) >= 11 is 0. The van der Waals surface area contributed by atoms with Crippen LogP contribution in [0.25, 0.3) is 0 Å². The SMILES string of the molecule is C=C[C@@H]1CC2=CC(=O)CC[C@@H]2[C@H]2CC[C@@]3(C)[C@@H](CC(=C)[C@]3(C)C#N)[C@@H]21. The van der Waals surface area contributed by atoms with Crippen LogP contribution in [0.2, 0.25) is 0 Å². The molecule has 0 aromatic heterocycles. The van der Waals surface area contributed by atoms with Crippen LogP contribution in [0, 0.1) is 51.8 Å². The maximum absolute atomic E-state index is 11.9. The van der Waals surface area contributed by atoms with E-state index in [0.717, 1.165) is 31.3 Å². The number of ketones is 1. The molecule has 0 amide bonds. The van der Waals surface area contributed by atoms with Crippen molar-refractivity contribution in [3.05, 3.63) is 36.5 Å². The van der Waals surface area contributed by atoms with Crippen LogP contribution in [0.4, 0.5) is 0 Å². The van der Waals surface area contributed by atoms with Gasteiger partial charge in [-0.25, -0.2) is 0 Å². The van der Waals surface area contributed by atoms with Crippen LogP contribution in [0.1, 0.15) is 52.4 Å². The average Bonchev–Trinajstić information content (AvgIpc) is 2.81. The van der Waals surface area contributed by atoms with Gasteiger partial charge in [0.15, 0.2) is 5.78 Å². The average molecular weight is 335 g/mol.